The van der Waals surface area contributed by atoms with Crippen LogP contribution in [0, 0.1) is 0 Å². The largest absolute Gasteiger partial charge is 0.439 e. The van der Waals surface area contributed by atoms with Crippen molar-refractivity contribution in [2.75, 3.05) is 0 Å². The summed E-state index contributed by atoms with van der Waals surface area (Å²) in [5.74, 6) is 1.13. The first-order valence-electron chi connectivity index (χ1n) is 7.12. The van der Waals surface area contributed by atoms with E-state index in [1.54, 1.807) is 12.3 Å². The molecule has 0 fully saturated rings. The van der Waals surface area contributed by atoms with Crippen LogP contribution in [0.25, 0.3) is 16.6 Å². The number of hydrogen-bond donors (Lipinski definition) is 0. The monoisotopic (exact) mass is 321 g/mol. The lowest BCUT2D eigenvalue weighted by atomic mass is 10.2. The minimum absolute atomic E-state index is 0.166. The van der Waals surface area contributed by atoms with Gasteiger partial charge in [-0.3, -0.25) is 0 Å². The van der Waals surface area contributed by atoms with Crippen molar-refractivity contribution in [3.63, 3.8) is 0 Å². The summed E-state index contributed by atoms with van der Waals surface area (Å²) < 4.78 is 7.88. The molecule has 2 aromatic carbocycles. The molecule has 0 amide bonds. The van der Waals surface area contributed by atoms with Crippen molar-refractivity contribution in [2.24, 2.45) is 0 Å². The third-order valence-electron chi connectivity index (χ3n) is 3.52. The Morgan fingerprint density at radius 2 is 1.83 bits per heavy atom. The third-order valence-corrected chi connectivity index (χ3v) is 3.70. The molecule has 0 unspecified atom stereocenters. The van der Waals surface area contributed by atoms with Crippen molar-refractivity contribution in [3.8, 4) is 17.3 Å². The molecule has 112 valence electrons. The maximum absolute atomic E-state index is 5.77. The summed E-state index contributed by atoms with van der Waals surface area (Å²) in [6.07, 6.45) is 3.61. The molecular weight excluding hydrogens is 310 g/mol. The lowest BCUT2D eigenvalue weighted by molar-refractivity contribution is 0.462. The number of ether oxygens (including phenoxy) is 1. The first-order chi connectivity index (χ1) is 11.3. The molecule has 0 N–H and O–H groups in total. The minimum Gasteiger partial charge on any atom is -0.439 e. The average molecular weight is 322 g/mol. The van der Waals surface area contributed by atoms with Crippen LogP contribution in [-0.4, -0.2) is 14.5 Å². The lowest BCUT2D eigenvalue weighted by Gasteiger charge is -2.07. The Morgan fingerprint density at radius 1 is 0.957 bits per heavy atom. The molecule has 4 aromatic rings. The normalized spacial score (nSPS) is 10.8. The van der Waals surface area contributed by atoms with Crippen LogP contribution >= 0.6 is 11.6 Å². The maximum Gasteiger partial charge on any atom is 0.225 e. The van der Waals surface area contributed by atoms with Gasteiger partial charge in [0, 0.05) is 29.5 Å². The van der Waals surface area contributed by atoms with E-state index in [-0.39, 0.29) is 5.28 Å². The minimum atomic E-state index is 0.166. The molecule has 0 aliphatic carbocycles. The highest BCUT2D eigenvalue weighted by atomic mass is 35.5. The second-order valence-corrected chi connectivity index (χ2v) is 5.35. The predicted octanol–water partition coefficient (Wildman–Crippen LogP) is 4.87. The molecule has 2 aromatic heterocycles. The van der Waals surface area contributed by atoms with E-state index < -0.39 is 0 Å². The van der Waals surface area contributed by atoms with Gasteiger partial charge in [0.25, 0.3) is 0 Å². The molecule has 0 aliphatic rings. The van der Waals surface area contributed by atoms with Crippen molar-refractivity contribution in [3.05, 3.63) is 78.3 Å². The van der Waals surface area contributed by atoms with E-state index in [1.165, 1.54) is 0 Å². The second-order valence-electron chi connectivity index (χ2n) is 5.01. The molecule has 0 spiro atoms. The van der Waals surface area contributed by atoms with Gasteiger partial charge in [0.1, 0.15) is 5.75 Å². The van der Waals surface area contributed by atoms with Crippen molar-refractivity contribution in [2.45, 2.75) is 0 Å². The van der Waals surface area contributed by atoms with Crippen molar-refractivity contribution in [1.82, 2.24) is 14.5 Å². The Hall–Kier alpha value is -2.85. The Morgan fingerprint density at radius 3 is 2.65 bits per heavy atom. The zero-order valence-electron chi connectivity index (χ0n) is 12.1. The molecule has 5 heteroatoms. The smallest absolute Gasteiger partial charge is 0.225 e. The zero-order valence-corrected chi connectivity index (χ0v) is 12.8. The highest BCUT2D eigenvalue weighted by Crippen LogP contribution is 2.27. The molecule has 0 atom stereocenters. The van der Waals surface area contributed by atoms with E-state index in [0.29, 0.717) is 11.6 Å². The first kappa shape index (κ1) is 13.8. The second kappa shape index (κ2) is 5.74. The quantitative estimate of drug-likeness (QED) is 0.506. The molecule has 0 bridgehead atoms. The summed E-state index contributed by atoms with van der Waals surface area (Å²) in [6, 6.07) is 19.9. The van der Waals surface area contributed by atoms with Gasteiger partial charge in [0.2, 0.25) is 11.2 Å². The highest BCUT2D eigenvalue weighted by Gasteiger charge is 2.06. The van der Waals surface area contributed by atoms with Crippen LogP contribution in [0.1, 0.15) is 0 Å². The summed E-state index contributed by atoms with van der Waals surface area (Å²) in [7, 11) is 0. The zero-order chi connectivity index (χ0) is 15.6. The van der Waals surface area contributed by atoms with Gasteiger partial charge in [0.15, 0.2) is 0 Å². The number of aromatic nitrogens is 3. The van der Waals surface area contributed by atoms with Gasteiger partial charge in [0.05, 0.1) is 5.52 Å². The molecule has 4 rings (SSSR count). The molecule has 0 radical (unpaired) electrons. The molecule has 2 heterocycles. The van der Waals surface area contributed by atoms with E-state index in [0.717, 1.165) is 16.6 Å². The van der Waals surface area contributed by atoms with E-state index in [1.807, 2.05) is 42.6 Å². The molecule has 0 saturated heterocycles. The van der Waals surface area contributed by atoms with Crippen molar-refractivity contribution >= 4 is 22.5 Å². The number of nitrogens with zero attached hydrogens (tertiary/aromatic N) is 3. The Labute approximate surface area is 138 Å². The van der Waals surface area contributed by atoms with Crippen molar-refractivity contribution in [1.29, 1.82) is 0 Å². The molecular formula is C18H12ClN3O. The Kier molecular flexibility index (Phi) is 3.44. The summed E-state index contributed by atoms with van der Waals surface area (Å²) >= 11 is 5.77. The van der Waals surface area contributed by atoms with Crippen LogP contribution in [-0.2, 0) is 0 Å². The maximum atomic E-state index is 5.77. The fourth-order valence-electron chi connectivity index (χ4n) is 2.50. The molecule has 4 nitrogen and oxygen atoms in total. The number of para-hydroxylation sites is 1. The van der Waals surface area contributed by atoms with Crippen LogP contribution in [0.3, 0.4) is 0 Å². The van der Waals surface area contributed by atoms with Gasteiger partial charge in [-0.05, 0) is 48.0 Å². The summed E-state index contributed by atoms with van der Waals surface area (Å²) in [6.45, 7) is 0. The predicted molar refractivity (Wildman–Crippen MR) is 90.4 cm³/mol. The van der Waals surface area contributed by atoms with Crippen LogP contribution in [0.15, 0.2) is 73.1 Å². The van der Waals surface area contributed by atoms with Gasteiger partial charge < -0.3 is 9.30 Å². The Bertz CT molecular complexity index is 966. The van der Waals surface area contributed by atoms with Crippen molar-refractivity contribution < 1.29 is 4.74 Å². The van der Waals surface area contributed by atoms with Crippen LogP contribution in [0.2, 0.25) is 5.28 Å². The Balaban J connectivity index is 1.70. The van der Waals surface area contributed by atoms with Crippen LogP contribution < -0.4 is 4.74 Å². The fourth-order valence-corrected chi connectivity index (χ4v) is 2.63. The van der Waals surface area contributed by atoms with Crippen LogP contribution in [0.4, 0.5) is 0 Å². The molecule has 0 saturated carbocycles. The molecule has 23 heavy (non-hydrogen) atoms. The SMILES string of the molecule is Clc1nccc(Oc2ccc3c(ccn3-c3ccccc3)c2)n1. The molecule has 0 aliphatic heterocycles. The standard InChI is InChI=1S/C18H12ClN3O/c19-18-20-10-8-17(21-18)23-15-6-7-16-13(12-15)9-11-22(16)14-4-2-1-3-5-14/h1-12H. The summed E-state index contributed by atoms with van der Waals surface area (Å²) in [5, 5.41) is 1.25. The van der Waals surface area contributed by atoms with E-state index >= 15 is 0 Å². The number of benzene rings is 2. The van der Waals surface area contributed by atoms with Crippen LogP contribution in [0.5, 0.6) is 11.6 Å². The third kappa shape index (κ3) is 2.76. The van der Waals surface area contributed by atoms with E-state index in [9.17, 15) is 0 Å². The summed E-state index contributed by atoms with van der Waals surface area (Å²) in [5.41, 5.74) is 2.24. The topological polar surface area (TPSA) is 39.9 Å². The van der Waals surface area contributed by atoms with E-state index in [2.05, 4.69) is 32.7 Å². The number of hydrogen-bond acceptors (Lipinski definition) is 3. The number of fused-ring (bicyclic) bond motifs is 1. The highest BCUT2D eigenvalue weighted by molar-refractivity contribution is 6.28. The van der Waals surface area contributed by atoms with E-state index in [4.69, 9.17) is 16.3 Å². The first-order valence-corrected chi connectivity index (χ1v) is 7.50. The average Bonchev–Trinajstić information content (AvgIpc) is 2.99. The number of rotatable bonds is 3. The van der Waals surface area contributed by atoms with Gasteiger partial charge in [-0.15, -0.1) is 0 Å². The fraction of sp³-hybridized carbons (Fsp3) is 0. The lowest BCUT2D eigenvalue weighted by Crippen LogP contribution is -1.92. The van der Waals surface area contributed by atoms with Gasteiger partial charge in [-0.1, -0.05) is 18.2 Å². The number of halogens is 1. The van der Waals surface area contributed by atoms with Gasteiger partial charge in [-0.2, -0.15) is 4.98 Å². The van der Waals surface area contributed by atoms with Gasteiger partial charge >= 0.3 is 0 Å². The van der Waals surface area contributed by atoms with Gasteiger partial charge in [-0.25, -0.2) is 4.98 Å². The summed E-state index contributed by atoms with van der Waals surface area (Å²) in [4.78, 5) is 7.87.